The Morgan fingerprint density at radius 3 is 2.65 bits per heavy atom. The molecule has 98 valence electrons. The van der Waals surface area contributed by atoms with Crippen LogP contribution in [0.3, 0.4) is 0 Å². The molecule has 0 aromatic rings. The Morgan fingerprint density at radius 1 is 1.47 bits per heavy atom. The van der Waals surface area contributed by atoms with Gasteiger partial charge in [-0.3, -0.25) is 4.79 Å². The number of aliphatic hydroxyl groups is 1. The SMILES string of the molecule is CCCC(CCO)CNC(=O)C(C)=C1CNC1. The highest BCUT2D eigenvalue weighted by atomic mass is 16.3. The van der Waals surface area contributed by atoms with Crippen molar-refractivity contribution in [3.8, 4) is 0 Å². The molecule has 3 N–H and O–H groups in total. The van der Waals surface area contributed by atoms with Crippen LogP contribution in [0.15, 0.2) is 11.1 Å². The largest absolute Gasteiger partial charge is 0.396 e. The molecule has 1 rings (SSSR count). The van der Waals surface area contributed by atoms with Gasteiger partial charge in [-0.1, -0.05) is 13.3 Å². The fourth-order valence-electron chi connectivity index (χ4n) is 1.98. The third kappa shape index (κ3) is 4.48. The zero-order valence-electron chi connectivity index (χ0n) is 10.9. The summed E-state index contributed by atoms with van der Waals surface area (Å²) in [5.41, 5.74) is 2.06. The predicted octanol–water partition coefficient (Wildman–Crippen LogP) is 0.821. The number of rotatable bonds is 7. The zero-order valence-corrected chi connectivity index (χ0v) is 10.9. The van der Waals surface area contributed by atoms with E-state index < -0.39 is 0 Å². The number of hydrogen-bond donors (Lipinski definition) is 3. The number of nitrogens with one attached hydrogen (secondary N) is 2. The summed E-state index contributed by atoms with van der Waals surface area (Å²) in [6, 6.07) is 0. The Balaban J connectivity index is 2.35. The van der Waals surface area contributed by atoms with Gasteiger partial charge in [-0.25, -0.2) is 0 Å². The van der Waals surface area contributed by atoms with Crippen LogP contribution >= 0.6 is 0 Å². The molecular formula is C13H24N2O2. The van der Waals surface area contributed by atoms with Crippen LogP contribution in [0.5, 0.6) is 0 Å². The van der Waals surface area contributed by atoms with Gasteiger partial charge in [0.15, 0.2) is 0 Å². The molecule has 0 aromatic carbocycles. The van der Waals surface area contributed by atoms with E-state index in [0.717, 1.165) is 37.9 Å². The molecule has 4 heteroatoms. The Hall–Kier alpha value is -0.870. The van der Waals surface area contributed by atoms with Crippen molar-refractivity contribution in [2.75, 3.05) is 26.2 Å². The quantitative estimate of drug-likeness (QED) is 0.577. The van der Waals surface area contributed by atoms with Crippen LogP contribution in [0.25, 0.3) is 0 Å². The molecule has 0 saturated carbocycles. The van der Waals surface area contributed by atoms with Crippen molar-refractivity contribution >= 4 is 5.91 Å². The van der Waals surface area contributed by atoms with Crippen molar-refractivity contribution in [3.05, 3.63) is 11.1 Å². The number of carbonyl (C=O) groups excluding carboxylic acids is 1. The molecule has 1 unspecified atom stereocenters. The summed E-state index contributed by atoms with van der Waals surface area (Å²) in [6.07, 6.45) is 2.91. The summed E-state index contributed by atoms with van der Waals surface area (Å²) < 4.78 is 0. The van der Waals surface area contributed by atoms with Crippen molar-refractivity contribution < 1.29 is 9.90 Å². The Kier molecular flexibility index (Phi) is 6.22. The summed E-state index contributed by atoms with van der Waals surface area (Å²) in [6.45, 7) is 6.56. The topological polar surface area (TPSA) is 61.4 Å². The summed E-state index contributed by atoms with van der Waals surface area (Å²) >= 11 is 0. The van der Waals surface area contributed by atoms with Crippen molar-refractivity contribution in [1.29, 1.82) is 0 Å². The molecule has 1 saturated heterocycles. The van der Waals surface area contributed by atoms with Crippen LogP contribution in [0, 0.1) is 5.92 Å². The van der Waals surface area contributed by atoms with Crippen LogP contribution in [0.2, 0.25) is 0 Å². The summed E-state index contributed by atoms with van der Waals surface area (Å²) in [7, 11) is 0. The molecule has 1 aliphatic heterocycles. The maximum absolute atomic E-state index is 11.8. The molecule has 1 atom stereocenters. The maximum atomic E-state index is 11.8. The third-order valence-corrected chi connectivity index (χ3v) is 3.33. The van der Waals surface area contributed by atoms with Gasteiger partial charge >= 0.3 is 0 Å². The van der Waals surface area contributed by atoms with E-state index in [1.807, 2.05) is 6.92 Å². The number of hydrogen-bond acceptors (Lipinski definition) is 3. The maximum Gasteiger partial charge on any atom is 0.246 e. The monoisotopic (exact) mass is 240 g/mol. The Morgan fingerprint density at radius 2 is 2.18 bits per heavy atom. The van der Waals surface area contributed by atoms with Gasteiger partial charge < -0.3 is 15.7 Å². The van der Waals surface area contributed by atoms with Crippen LogP contribution in [-0.2, 0) is 4.79 Å². The van der Waals surface area contributed by atoms with E-state index in [2.05, 4.69) is 17.6 Å². The summed E-state index contributed by atoms with van der Waals surface area (Å²) in [5.74, 6) is 0.437. The minimum Gasteiger partial charge on any atom is -0.396 e. The second-order valence-electron chi connectivity index (χ2n) is 4.71. The van der Waals surface area contributed by atoms with Gasteiger partial charge in [-0.2, -0.15) is 0 Å². The minimum atomic E-state index is 0.0422. The molecule has 4 nitrogen and oxygen atoms in total. The van der Waals surface area contributed by atoms with E-state index in [1.165, 1.54) is 5.57 Å². The first-order valence-corrected chi connectivity index (χ1v) is 6.47. The average molecular weight is 240 g/mol. The van der Waals surface area contributed by atoms with Gasteiger partial charge in [0.05, 0.1) is 0 Å². The van der Waals surface area contributed by atoms with Crippen LogP contribution < -0.4 is 10.6 Å². The predicted molar refractivity (Wildman–Crippen MR) is 68.7 cm³/mol. The first-order valence-electron chi connectivity index (χ1n) is 6.47. The van der Waals surface area contributed by atoms with Gasteiger partial charge in [0, 0.05) is 31.8 Å². The normalized spacial score (nSPS) is 16.3. The highest BCUT2D eigenvalue weighted by Crippen LogP contribution is 2.11. The lowest BCUT2D eigenvalue weighted by atomic mass is 9.99. The van der Waals surface area contributed by atoms with E-state index in [9.17, 15) is 4.79 Å². The van der Waals surface area contributed by atoms with Gasteiger partial charge in [0.2, 0.25) is 5.91 Å². The highest BCUT2D eigenvalue weighted by molar-refractivity contribution is 5.93. The first-order chi connectivity index (χ1) is 8.19. The Labute approximate surface area is 103 Å². The van der Waals surface area contributed by atoms with Crippen LogP contribution in [0.1, 0.15) is 33.1 Å². The fourth-order valence-corrected chi connectivity index (χ4v) is 1.98. The molecule has 0 aliphatic carbocycles. The Bertz CT molecular complexity index is 275. The number of amides is 1. The number of carbonyl (C=O) groups is 1. The standard InChI is InChI=1S/C13H24N2O2/c1-3-4-11(5-6-16)7-15-13(17)10(2)12-8-14-9-12/h11,14,16H,3-9H2,1-2H3,(H,15,17). The van der Waals surface area contributed by atoms with Gasteiger partial charge in [0.25, 0.3) is 0 Å². The molecule has 1 fully saturated rings. The lowest BCUT2D eigenvalue weighted by Gasteiger charge is -2.22. The van der Waals surface area contributed by atoms with Gasteiger partial charge in [0.1, 0.15) is 0 Å². The first kappa shape index (κ1) is 14.2. The smallest absolute Gasteiger partial charge is 0.246 e. The van der Waals surface area contributed by atoms with Crippen LogP contribution in [0.4, 0.5) is 0 Å². The molecule has 0 spiro atoms. The second kappa shape index (κ2) is 7.45. The summed E-state index contributed by atoms with van der Waals surface area (Å²) in [5, 5.41) is 15.0. The molecule has 0 radical (unpaired) electrons. The van der Waals surface area contributed by atoms with E-state index >= 15 is 0 Å². The fraction of sp³-hybridized carbons (Fsp3) is 0.769. The molecule has 0 bridgehead atoms. The lowest BCUT2D eigenvalue weighted by Crippen LogP contribution is -2.38. The van der Waals surface area contributed by atoms with Crippen molar-refractivity contribution in [2.24, 2.45) is 5.92 Å². The van der Waals surface area contributed by atoms with E-state index in [1.54, 1.807) is 0 Å². The number of aliphatic hydroxyl groups excluding tert-OH is 1. The van der Waals surface area contributed by atoms with Crippen molar-refractivity contribution in [1.82, 2.24) is 10.6 Å². The average Bonchev–Trinajstić information content (AvgIpc) is 2.23. The van der Waals surface area contributed by atoms with Crippen molar-refractivity contribution in [2.45, 2.75) is 33.1 Å². The molecule has 1 amide bonds. The van der Waals surface area contributed by atoms with Gasteiger partial charge in [-0.05, 0) is 31.3 Å². The second-order valence-corrected chi connectivity index (χ2v) is 4.71. The summed E-state index contributed by atoms with van der Waals surface area (Å²) in [4.78, 5) is 11.8. The molecule has 0 aromatic heterocycles. The van der Waals surface area contributed by atoms with Crippen molar-refractivity contribution in [3.63, 3.8) is 0 Å². The third-order valence-electron chi connectivity index (χ3n) is 3.33. The van der Waals surface area contributed by atoms with Crippen LogP contribution in [-0.4, -0.2) is 37.3 Å². The van der Waals surface area contributed by atoms with Gasteiger partial charge in [-0.15, -0.1) is 0 Å². The lowest BCUT2D eigenvalue weighted by molar-refractivity contribution is -0.117. The van der Waals surface area contributed by atoms with E-state index in [-0.39, 0.29) is 12.5 Å². The van der Waals surface area contributed by atoms with E-state index in [0.29, 0.717) is 12.5 Å². The molecular weight excluding hydrogens is 216 g/mol. The molecule has 1 heterocycles. The van der Waals surface area contributed by atoms with E-state index in [4.69, 9.17) is 5.11 Å². The minimum absolute atomic E-state index is 0.0422. The zero-order chi connectivity index (χ0) is 12.7. The molecule has 1 aliphatic rings. The molecule has 17 heavy (non-hydrogen) atoms. The highest BCUT2D eigenvalue weighted by Gasteiger charge is 2.16.